The van der Waals surface area contributed by atoms with Crippen LogP contribution >= 0.6 is 27.7 Å². The summed E-state index contributed by atoms with van der Waals surface area (Å²) in [5, 5.41) is 2.45. The molecule has 1 saturated carbocycles. The first-order chi connectivity index (χ1) is 15.6. The molecule has 3 aliphatic rings. The molecule has 0 unspecified atom stereocenters. The highest BCUT2D eigenvalue weighted by Gasteiger charge is 2.35. The molecule has 6 nitrogen and oxygen atoms in total. The molecular formula is C24H32BrN5OS. The average molecular weight is 519 g/mol. The fraction of sp³-hybridized carbons (Fsp3) is 0.583. The van der Waals surface area contributed by atoms with Gasteiger partial charge in [-0.05, 0) is 59.0 Å². The Kier molecular flexibility index (Phi) is 6.92. The predicted molar refractivity (Wildman–Crippen MR) is 136 cm³/mol. The van der Waals surface area contributed by atoms with Gasteiger partial charge < -0.3 is 15.5 Å². The lowest BCUT2D eigenvalue weighted by Crippen LogP contribution is -2.53. The first-order valence-corrected chi connectivity index (χ1v) is 13.7. The molecule has 1 aromatic carbocycles. The van der Waals surface area contributed by atoms with Crippen molar-refractivity contribution in [1.82, 2.24) is 14.8 Å². The number of amides is 1. The normalized spacial score (nSPS) is 25.9. The number of halogens is 1. The molecule has 2 aliphatic heterocycles. The van der Waals surface area contributed by atoms with E-state index in [0.717, 1.165) is 80.5 Å². The minimum atomic E-state index is -0.317. The second kappa shape index (κ2) is 9.87. The van der Waals surface area contributed by atoms with Crippen LogP contribution in [0.5, 0.6) is 0 Å². The number of hydrogen-bond donors (Lipinski definition) is 1. The SMILES string of the molecule is N[C@H](C(=O)N1CCSC1)C1CCC(N2CCN(c3nc(Br)cc4ccccc34)CC2)CC1. The summed E-state index contributed by atoms with van der Waals surface area (Å²) in [6.45, 7) is 4.98. The van der Waals surface area contributed by atoms with Gasteiger partial charge in [0.2, 0.25) is 5.91 Å². The molecule has 1 aliphatic carbocycles. The smallest absolute Gasteiger partial charge is 0.240 e. The number of rotatable bonds is 4. The van der Waals surface area contributed by atoms with Gasteiger partial charge in [-0.1, -0.05) is 24.3 Å². The molecular weight excluding hydrogens is 486 g/mol. The van der Waals surface area contributed by atoms with Crippen LogP contribution in [-0.2, 0) is 4.79 Å². The fourth-order valence-corrected chi connectivity index (χ4v) is 6.88. The maximum atomic E-state index is 12.7. The lowest BCUT2D eigenvalue weighted by Gasteiger charge is -2.43. The van der Waals surface area contributed by atoms with Crippen LogP contribution in [0, 0.1) is 5.92 Å². The Morgan fingerprint density at radius 2 is 1.84 bits per heavy atom. The number of piperazine rings is 1. The van der Waals surface area contributed by atoms with Crippen LogP contribution in [0.15, 0.2) is 34.9 Å². The number of carbonyl (C=O) groups is 1. The third kappa shape index (κ3) is 4.65. The lowest BCUT2D eigenvalue weighted by atomic mass is 9.80. The topological polar surface area (TPSA) is 65.7 Å². The van der Waals surface area contributed by atoms with Crippen molar-refractivity contribution >= 4 is 50.2 Å². The largest absolute Gasteiger partial charge is 0.353 e. The molecule has 1 amide bonds. The molecule has 0 bridgehead atoms. The number of aromatic nitrogens is 1. The van der Waals surface area contributed by atoms with Gasteiger partial charge in [-0.25, -0.2) is 4.98 Å². The third-order valence-electron chi connectivity index (χ3n) is 7.42. The molecule has 172 valence electrons. The Morgan fingerprint density at radius 3 is 2.56 bits per heavy atom. The van der Waals surface area contributed by atoms with E-state index in [9.17, 15) is 4.79 Å². The summed E-state index contributed by atoms with van der Waals surface area (Å²) in [6.07, 6.45) is 4.43. The highest BCUT2D eigenvalue weighted by atomic mass is 79.9. The van der Waals surface area contributed by atoms with Crippen LogP contribution in [0.2, 0.25) is 0 Å². The molecule has 1 atom stereocenters. The van der Waals surface area contributed by atoms with Gasteiger partial charge in [0.05, 0.1) is 11.9 Å². The molecule has 2 saturated heterocycles. The average Bonchev–Trinajstić information content (AvgIpc) is 3.38. The van der Waals surface area contributed by atoms with Crippen LogP contribution in [0.25, 0.3) is 10.8 Å². The van der Waals surface area contributed by atoms with Crippen molar-refractivity contribution < 1.29 is 4.79 Å². The number of hydrogen-bond acceptors (Lipinski definition) is 6. The number of nitrogens with zero attached hydrogens (tertiary/aromatic N) is 4. The molecule has 3 fully saturated rings. The van der Waals surface area contributed by atoms with Crippen molar-refractivity contribution in [3.05, 3.63) is 34.9 Å². The zero-order chi connectivity index (χ0) is 22.1. The van der Waals surface area contributed by atoms with Gasteiger partial charge in [0.1, 0.15) is 10.4 Å². The molecule has 3 heterocycles. The fourth-order valence-electron chi connectivity index (χ4n) is 5.51. The van der Waals surface area contributed by atoms with E-state index in [1.54, 1.807) is 0 Å². The highest BCUT2D eigenvalue weighted by Crippen LogP contribution is 2.33. The van der Waals surface area contributed by atoms with Gasteiger partial charge in [-0.3, -0.25) is 9.69 Å². The summed E-state index contributed by atoms with van der Waals surface area (Å²) in [4.78, 5) is 24.5. The zero-order valence-corrected chi connectivity index (χ0v) is 20.9. The van der Waals surface area contributed by atoms with Gasteiger partial charge in [0.15, 0.2) is 0 Å². The Bertz CT molecular complexity index is 953. The van der Waals surface area contributed by atoms with Crippen molar-refractivity contribution in [2.24, 2.45) is 11.7 Å². The van der Waals surface area contributed by atoms with Crippen LogP contribution < -0.4 is 10.6 Å². The number of anilines is 1. The number of fused-ring (bicyclic) bond motifs is 1. The van der Waals surface area contributed by atoms with E-state index in [1.165, 1.54) is 10.8 Å². The Hall–Kier alpha value is -1.35. The number of thioether (sulfide) groups is 1. The van der Waals surface area contributed by atoms with E-state index in [4.69, 9.17) is 10.7 Å². The van der Waals surface area contributed by atoms with Gasteiger partial charge in [-0.15, -0.1) is 11.8 Å². The van der Waals surface area contributed by atoms with Crippen molar-refractivity contribution in [3.8, 4) is 0 Å². The zero-order valence-electron chi connectivity index (χ0n) is 18.5. The monoisotopic (exact) mass is 517 g/mol. The Morgan fingerprint density at radius 1 is 1.09 bits per heavy atom. The van der Waals surface area contributed by atoms with Crippen molar-refractivity contribution in [3.63, 3.8) is 0 Å². The van der Waals surface area contributed by atoms with Gasteiger partial charge >= 0.3 is 0 Å². The minimum Gasteiger partial charge on any atom is -0.353 e. The molecule has 2 N–H and O–H groups in total. The van der Waals surface area contributed by atoms with Crippen molar-refractivity contribution in [1.29, 1.82) is 0 Å². The molecule has 5 rings (SSSR count). The number of carbonyl (C=O) groups excluding carboxylic acids is 1. The second-order valence-corrected chi connectivity index (χ2v) is 11.1. The Labute approximate surface area is 203 Å². The van der Waals surface area contributed by atoms with E-state index >= 15 is 0 Å². The van der Waals surface area contributed by atoms with Crippen LogP contribution in [-0.4, -0.2) is 77.1 Å². The summed E-state index contributed by atoms with van der Waals surface area (Å²) < 4.78 is 0.894. The van der Waals surface area contributed by atoms with Crippen molar-refractivity contribution in [2.45, 2.75) is 37.8 Å². The standard InChI is InChI=1S/C24H32BrN5OS/c25-21-15-18-3-1-2-4-20(18)23(27-21)29-11-9-28(10-12-29)19-7-5-17(6-8-19)22(26)24(31)30-13-14-32-16-30/h1-4,15,17,19,22H,5-14,16,26H2/t17?,19?,22-/m0/s1. The van der Waals surface area contributed by atoms with E-state index in [-0.39, 0.29) is 11.9 Å². The van der Waals surface area contributed by atoms with Gasteiger partial charge in [0.25, 0.3) is 0 Å². The van der Waals surface area contributed by atoms with E-state index in [2.05, 4.69) is 56.1 Å². The molecule has 2 aromatic rings. The summed E-state index contributed by atoms with van der Waals surface area (Å²) >= 11 is 5.41. The first-order valence-electron chi connectivity index (χ1n) is 11.8. The summed E-state index contributed by atoms with van der Waals surface area (Å²) in [5.41, 5.74) is 6.40. The van der Waals surface area contributed by atoms with Gasteiger partial charge in [-0.2, -0.15) is 0 Å². The number of benzene rings is 1. The summed E-state index contributed by atoms with van der Waals surface area (Å²) in [7, 11) is 0. The van der Waals surface area contributed by atoms with Crippen LogP contribution in [0.4, 0.5) is 5.82 Å². The maximum absolute atomic E-state index is 12.7. The van der Waals surface area contributed by atoms with Gasteiger partial charge in [0, 0.05) is 49.9 Å². The van der Waals surface area contributed by atoms with E-state index in [1.807, 2.05) is 16.7 Å². The van der Waals surface area contributed by atoms with Crippen molar-refractivity contribution in [2.75, 3.05) is 49.3 Å². The number of nitrogens with two attached hydrogens (primary N) is 1. The third-order valence-corrected chi connectivity index (χ3v) is 8.79. The number of pyridine rings is 1. The predicted octanol–water partition coefficient (Wildman–Crippen LogP) is 3.54. The quantitative estimate of drug-likeness (QED) is 0.625. The molecule has 0 radical (unpaired) electrons. The lowest BCUT2D eigenvalue weighted by molar-refractivity contribution is -0.132. The second-order valence-electron chi connectivity index (χ2n) is 9.25. The summed E-state index contributed by atoms with van der Waals surface area (Å²) in [5.74, 6) is 3.45. The maximum Gasteiger partial charge on any atom is 0.240 e. The van der Waals surface area contributed by atoms with E-state index < -0.39 is 0 Å². The minimum absolute atomic E-state index is 0.167. The van der Waals surface area contributed by atoms with Crippen LogP contribution in [0.3, 0.4) is 0 Å². The van der Waals surface area contributed by atoms with Crippen LogP contribution in [0.1, 0.15) is 25.7 Å². The summed E-state index contributed by atoms with van der Waals surface area (Å²) in [6, 6.07) is 10.9. The highest BCUT2D eigenvalue weighted by molar-refractivity contribution is 9.10. The van der Waals surface area contributed by atoms with E-state index in [0.29, 0.717) is 12.0 Å². The molecule has 32 heavy (non-hydrogen) atoms. The Balaban J connectivity index is 1.15. The molecule has 1 aromatic heterocycles. The molecule has 8 heteroatoms. The first kappa shape index (κ1) is 22.4. The molecule has 0 spiro atoms.